The van der Waals surface area contributed by atoms with Crippen LogP contribution in [0.15, 0.2) is 0 Å². The summed E-state index contributed by atoms with van der Waals surface area (Å²) in [4.78, 5) is 0. The van der Waals surface area contributed by atoms with Crippen LogP contribution in [0.2, 0.25) is 0 Å². The molecule has 1 saturated heterocycles. The number of rotatable bonds is 0. The highest BCUT2D eigenvalue weighted by molar-refractivity contribution is 4.77. The second kappa shape index (κ2) is 0.653. The maximum Gasteiger partial charge on any atom is 0.198 e. The summed E-state index contributed by atoms with van der Waals surface area (Å²) in [5.74, 6) is 0. The third-order valence-electron chi connectivity index (χ3n) is 0.466. The van der Waals surface area contributed by atoms with Crippen LogP contribution in [-0.4, -0.2) is 12.6 Å². The average molecular weight is 79.0 g/mol. The zero-order valence-electron chi connectivity index (χ0n) is 2.41. The van der Waals surface area contributed by atoms with Gasteiger partial charge in [0.1, 0.15) is 0 Å². The van der Waals surface area contributed by atoms with Crippen LogP contribution in [-0.2, 0) is 0 Å². The first-order valence-corrected chi connectivity index (χ1v) is 1.35. The molecule has 0 aromatic rings. The van der Waals surface area contributed by atoms with Crippen molar-refractivity contribution in [2.24, 2.45) is 0 Å². The lowest BCUT2D eigenvalue weighted by Crippen LogP contribution is -1.70. The predicted molar refractivity (Wildman–Crippen MR) is 12.9 cm³/mol. The Balaban J connectivity index is 2.20. The molecule has 0 unspecified atom stereocenters. The normalized spacial score (nSPS) is 49.2. The maximum atomic E-state index is 11.0. The molecule has 3 heteroatoms. The van der Waals surface area contributed by atoms with Gasteiger partial charge in [-0.05, 0) is 0 Å². The predicted octanol–water partition coefficient (Wildman–Crippen LogP) is 0.181. The minimum absolute atomic E-state index is 1.37. The average Bonchev–Trinajstić information content (AvgIpc) is 1.79. The Morgan fingerprint density at radius 3 is 1.40 bits per heavy atom. The maximum absolute atomic E-state index is 11.0. The van der Waals surface area contributed by atoms with Crippen LogP contribution in [0, 0.1) is 0 Å². The van der Waals surface area contributed by atoms with Gasteiger partial charge in [0.2, 0.25) is 0 Å². The van der Waals surface area contributed by atoms with Crippen molar-refractivity contribution < 1.29 is 8.78 Å². The third kappa shape index (κ3) is 0.374. The van der Waals surface area contributed by atoms with Crippen LogP contribution in [0.25, 0.3) is 0 Å². The molecule has 30 valence electrons. The van der Waals surface area contributed by atoms with Crippen LogP contribution in [0.4, 0.5) is 8.78 Å². The molecule has 0 radical (unpaired) electrons. The van der Waals surface area contributed by atoms with Crippen LogP contribution >= 0.6 is 0 Å². The fourth-order valence-electron chi connectivity index (χ4n) is 0.0965. The van der Waals surface area contributed by atoms with Crippen molar-refractivity contribution in [2.45, 2.75) is 12.6 Å². The Hall–Kier alpha value is -0.180. The summed E-state index contributed by atoms with van der Waals surface area (Å²) in [6.07, 6.45) is -2.73. The number of hydrogen-bond acceptors (Lipinski definition) is 1. The molecule has 1 rings (SSSR count). The summed E-state index contributed by atoms with van der Waals surface area (Å²) in [5.41, 5.74) is 0. The van der Waals surface area contributed by atoms with E-state index in [1.165, 1.54) is 0 Å². The van der Waals surface area contributed by atoms with Crippen molar-refractivity contribution in [3.63, 3.8) is 0 Å². The van der Waals surface area contributed by atoms with Crippen molar-refractivity contribution >= 4 is 0 Å². The van der Waals surface area contributed by atoms with Gasteiger partial charge in [0, 0.05) is 0 Å². The van der Waals surface area contributed by atoms with E-state index in [-0.39, 0.29) is 0 Å². The summed E-state index contributed by atoms with van der Waals surface area (Å²) in [6, 6.07) is 0. The van der Waals surface area contributed by atoms with E-state index >= 15 is 0 Å². The molecule has 0 amide bonds. The summed E-state index contributed by atoms with van der Waals surface area (Å²) >= 11 is 0. The highest BCUT2D eigenvalue weighted by Gasteiger charge is 2.35. The van der Waals surface area contributed by atoms with Gasteiger partial charge in [-0.15, -0.1) is 0 Å². The zero-order chi connectivity index (χ0) is 3.86. The second-order valence-corrected chi connectivity index (χ2v) is 0.970. The van der Waals surface area contributed by atoms with E-state index in [0.717, 1.165) is 0 Å². The highest BCUT2D eigenvalue weighted by atomic mass is 19.2. The molecular weight excluding hydrogens is 76.0 g/mol. The van der Waals surface area contributed by atoms with E-state index in [1.807, 2.05) is 5.32 Å². The van der Waals surface area contributed by atoms with Crippen molar-refractivity contribution in [3.8, 4) is 0 Å². The quantitative estimate of drug-likeness (QED) is 0.324. The lowest BCUT2D eigenvalue weighted by atomic mass is 10.9. The largest absolute Gasteiger partial charge is 0.251 e. The SMILES string of the molecule is F[C@H]1N[C@@H]1F. The molecule has 0 aliphatic carbocycles. The van der Waals surface area contributed by atoms with Crippen LogP contribution in [0.1, 0.15) is 0 Å². The Labute approximate surface area is 28.0 Å². The smallest absolute Gasteiger partial charge is 0.198 e. The standard InChI is InChI=1S/C2H3F2N/c3-1-2(4)5-1/h1-2,5H/t1-,2-/m0/s1. The Bertz CT molecular complexity index is 40.9. The molecule has 1 aliphatic rings. The van der Waals surface area contributed by atoms with Gasteiger partial charge in [0.15, 0.2) is 12.6 Å². The van der Waals surface area contributed by atoms with E-state index in [2.05, 4.69) is 0 Å². The summed E-state index contributed by atoms with van der Waals surface area (Å²) < 4.78 is 22.0. The van der Waals surface area contributed by atoms with Gasteiger partial charge < -0.3 is 0 Å². The lowest BCUT2D eigenvalue weighted by molar-refractivity contribution is 0.372. The fraction of sp³-hybridized carbons (Fsp3) is 1.00. The van der Waals surface area contributed by atoms with Crippen molar-refractivity contribution in [1.29, 1.82) is 0 Å². The molecule has 1 nitrogen and oxygen atoms in total. The van der Waals surface area contributed by atoms with Gasteiger partial charge in [0.05, 0.1) is 0 Å². The van der Waals surface area contributed by atoms with Gasteiger partial charge in [-0.3, -0.25) is 5.32 Å². The van der Waals surface area contributed by atoms with Gasteiger partial charge in [-0.25, -0.2) is 8.78 Å². The van der Waals surface area contributed by atoms with Crippen molar-refractivity contribution in [3.05, 3.63) is 0 Å². The van der Waals surface area contributed by atoms with Crippen LogP contribution < -0.4 is 5.32 Å². The van der Waals surface area contributed by atoms with Gasteiger partial charge in [0.25, 0.3) is 0 Å². The molecule has 0 bridgehead atoms. The number of alkyl halides is 2. The first kappa shape index (κ1) is 3.03. The van der Waals surface area contributed by atoms with E-state index < -0.39 is 12.6 Å². The Morgan fingerprint density at radius 1 is 1.20 bits per heavy atom. The third-order valence-corrected chi connectivity index (χ3v) is 0.466. The van der Waals surface area contributed by atoms with Gasteiger partial charge >= 0.3 is 0 Å². The highest BCUT2D eigenvalue weighted by Crippen LogP contribution is 2.10. The second-order valence-electron chi connectivity index (χ2n) is 0.970. The molecule has 1 N–H and O–H groups in total. The zero-order valence-corrected chi connectivity index (χ0v) is 2.41. The number of nitrogens with one attached hydrogen (secondary N) is 1. The molecule has 0 spiro atoms. The molecule has 0 aromatic heterocycles. The van der Waals surface area contributed by atoms with Crippen LogP contribution in [0.5, 0.6) is 0 Å². The molecular formula is C2H3F2N. The minimum Gasteiger partial charge on any atom is -0.251 e. The summed E-state index contributed by atoms with van der Waals surface area (Å²) in [6.45, 7) is 0. The molecule has 1 aliphatic heterocycles. The van der Waals surface area contributed by atoms with E-state index in [0.29, 0.717) is 0 Å². The van der Waals surface area contributed by atoms with Crippen molar-refractivity contribution in [1.82, 2.24) is 5.32 Å². The van der Waals surface area contributed by atoms with Gasteiger partial charge in [-0.2, -0.15) is 0 Å². The summed E-state index contributed by atoms with van der Waals surface area (Å²) in [5, 5.41) is 1.86. The summed E-state index contributed by atoms with van der Waals surface area (Å²) in [7, 11) is 0. The lowest BCUT2D eigenvalue weighted by Gasteiger charge is -1.55. The topological polar surface area (TPSA) is 21.9 Å². The molecule has 5 heavy (non-hydrogen) atoms. The molecule has 2 atom stereocenters. The first-order chi connectivity index (χ1) is 2.30. The monoisotopic (exact) mass is 79.0 g/mol. The molecule has 1 heterocycles. The Kier molecular flexibility index (Phi) is 0.395. The van der Waals surface area contributed by atoms with E-state index in [9.17, 15) is 8.78 Å². The number of hydrogen-bond donors (Lipinski definition) is 1. The van der Waals surface area contributed by atoms with Crippen molar-refractivity contribution in [2.75, 3.05) is 0 Å². The fourth-order valence-corrected chi connectivity index (χ4v) is 0.0965. The van der Waals surface area contributed by atoms with E-state index in [4.69, 9.17) is 0 Å². The minimum atomic E-state index is -1.37. The molecule has 0 saturated carbocycles. The van der Waals surface area contributed by atoms with E-state index in [1.54, 1.807) is 0 Å². The van der Waals surface area contributed by atoms with Gasteiger partial charge in [-0.1, -0.05) is 0 Å². The van der Waals surface area contributed by atoms with Crippen LogP contribution in [0.3, 0.4) is 0 Å². The molecule has 0 aromatic carbocycles. The Morgan fingerprint density at radius 2 is 1.40 bits per heavy atom. The molecule has 1 fully saturated rings. The first-order valence-electron chi connectivity index (χ1n) is 1.35. The number of halogens is 2.